The molecule has 0 atom stereocenters. The van der Waals surface area contributed by atoms with E-state index in [4.69, 9.17) is 19.9 Å². The van der Waals surface area contributed by atoms with Crippen molar-refractivity contribution in [2.45, 2.75) is 13.3 Å². The Morgan fingerprint density at radius 1 is 1.00 bits per heavy atom. The first-order valence-electron chi connectivity index (χ1n) is 6.57. The number of ether oxygens (including phenoxy) is 3. The number of rotatable bonds is 6. The van der Waals surface area contributed by atoms with Gasteiger partial charge >= 0.3 is 0 Å². The lowest BCUT2D eigenvalue weighted by Crippen LogP contribution is -1.97. The molecule has 0 amide bonds. The number of hydrogen-bond donors (Lipinski definition) is 1. The third kappa shape index (κ3) is 3.35. The predicted octanol–water partition coefficient (Wildman–Crippen LogP) is 3.86. The number of methoxy groups -OCH3 is 1. The second-order valence-corrected chi connectivity index (χ2v) is 4.30. The first kappa shape index (κ1) is 14.1. The summed E-state index contributed by atoms with van der Waals surface area (Å²) < 4.78 is 16.7. The average Bonchev–Trinajstić information content (AvgIpc) is 2.48. The molecule has 0 fully saturated rings. The van der Waals surface area contributed by atoms with Gasteiger partial charge in [-0.1, -0.05) is 19.1 Å². The van der Waals surface area contributed by atoms with Crippen molar-refractivity contribution >= 4 is 5.69 Å². The molecule has 106 valence electrons. The minimum Gasteiger partial charge on any atom is -0.494 e. The molecule has 0 aliphatic carbocycles. The van der Waals surface area contributed by atoms with E-state index in [1.165, 1.54) is 0 Å². The van der Waals surface area contributed by atoms with Crippen molar-refractivity contribution in [2.24, 2.45) is 0 Å². The van der Waals surface area contributed by atoms with Gasteiger partial charge in [-0.3, -0.25) is 0 Å². The maximum absolute atomic E-state index is 5.84. The minimum atomic E-state index is 0.579. The fourth-order valence-electron chi connectivity index (χ4n) is 1.75. The molecule has 0 saturated heterocycles. The van der Waals surface area contributed by atoms with E-state index < -0.39 is 0 Å². The molecular formula is C16H19NO3. The zero-order valence-electron chi connectivity index (χ0n) is 11.8. The highest BCUT2D eigenvalue weighted by Crippen LogP contribution is 2.34. The third-order valence-electron chi connectivity index (χ3n) is 2.74. The van der Waals surface area contributed by atoms with Gasteiger partial charge in [0, 0.05) is 6.07 Å². The van der Waals surface area contributed by atoms with Crippen molar-refractivity contribution < 1.29 is 14.2 Å². The summed E-state index contributed by atoms with van der Waals surface area (Å²) in [6.07, 6.45) is 0.948. The lowest BCUT2D eigenvalue weighted by molar-refractivity contribution is 0.302. The van der Waals surface area contributed by atoms with Crippen molar-refractivity contribution in [3.63, 3.8) is 0 Å². The van der Waals surface area contributed by atoms with E-state index in [1.807, 2.05) is 24.3 Å². The van der Waals surface area contributed by atoms with Crippen LogP contribution in [0.1, 0.15) is 13.3 Å². The van der Waals surface area contributed by atoms with Crippen molar-refractivity contribution in [1.82, 2.24) is 0 Å². The zero-order valence-corrected chi connectivity index (χ0v) is 11.8. The first-order chi connectivity index (χ1) is 9.74. The van der Waals surface area contributed by atoms with Gasteiger partial charge in [-0.25, -0.2) is 0 Å². The van der Waals surface area contributed by atoms with Crippen LogP contribution in [-0.4, -0.2) is 13.7 Å². The highest BCUT2D eigenvalue weighted by atomic mass is 16.5. The van der Waals surface area contributed by atoms with Crippen molar-refractivity contribution in [3.8, 4) is 23.0 Å². The molecule has 4 nitrogen and oxygen atoms in total. The summed E-state index contributed by atoms with van der Waals surface area (Å²) in [7, 11) is 1.58. The van der Waals surface area contributed by atoms with Crippen LogP contribution in [0.25, 0.3) is 0 Å². The van der Waals surface area contributed by atoms with Crippen LogP contribution < -0.4 is 19.9 Å². The zero-order chi connectivity index (χ0) is 14.4. The monoisotopic (exact) mass is 273 g/mol. The van der Waals surface area contributed by atoms with Crippen LogP contribution in [0.5, 0.6) is 23.0 Å². The maximum atomic E-state index is 5.84. The largest absolute Gasteiger partial charge is 0.494 e. The maximum Gasteiger partial charge on any atom is 0.169 e. The number of benzene rings is 2. The molecular weight excluding hydrogens is 254 g/mol. The van der Waals surface area contributed by atoms with Gasteiger partial charge in [-0.2, -0.15) is 0 Å². The molecule has 2 aromatic rings. The van der Waals surface area contributed by atoms with Gasteiger partial charge in [-0.15, -0.1) is 0 Å². The molecule has 0 spiro atoms. The van der Waals surface area contributed by atoms with Gasteiger partial charge < -0.3 is 19.9 Å². The Morgan fingerprint density at radius 2 is 1.75 bits per heavy atom. The summed E-state index contributed by atoms with van der Waals surface area (Å²) in [5, 5.41) is 0. The molecule has 0 heterocycles. The van der Waals surface area contributed by atoms with Gasteiger partial charge in [0.2, 0.25) is 0 Å². The standard InChI is InChI=1S/C16H19NO3/c1-3-10-19-14-6-4-5-7-15(14)20-12-8-9-13(17)16(11-12)18-2/h4-9,11H,3,10,17H2,1-2H3. The number of nitrogens with two attached hydrogens (primary N) is 1. The molecule has 0 unspecified atom stereocenters. The van der Waals surface area contributed by atoms with Crippen LogP contribution in [-0.2, 0) is 0 Å². The van der Waals surface area contributed by atoms with Crippen LogP contribution in [0.15, 0.2) is 42.5 Å². The Hall–Kier alpha value is -2.36. The predicted molar refractivity (Wildman–Crippen MR) is 79.7 cm³/mol. The van der Waals surface area contributed by atoms with Gasteiger partial charge in [0.25, 0.3) is 0 Å². The number of anilines is 1. The van der Waals surface area contributed by atoms with E-state index in [2.05, 4.69) is 6.92 Å². The quantitative estimate of drug-likeness (QED) is 0.812. The van der Waals surface area contributed by atoms with E-state index in [-0.39, 0.29) is 0 Å². The molecule has 2 aromatic carbocycles. The average molecular weight is 273 g/mol. The minimum absolute atomic E-state index is 0.579. The van der Waals surface area contributed by atoms with E-state index in [0.717, 1.165) is 12.2 Å². The molecule has 4 heteroatoms. The van der Waals surface area contributed by atoms with Crippen LogP contribution in [0.4, 0.5) is 5.69 Å². The van der Waals surface area contributed by atoms with Gasteiger partial charge in [0.1, 0.15) is 11.5 Å². The summed E-state index contributed by atoms with van der Waals surface area (Å²) in [6, 6.07) is 12.9. The van der Waals surface area contributed by atoms with Crippen LogP contribution in [0.3, 0.4) is 0 Å². The van der Waals surface area contributed by atoms with Crippen molar-refractivity contribution in [1.29, 1.82) is 0 Å². The Kier molecular flexibility index (Phi) is 4.71. The van der Waals surface area contributed by atoms with Crippen molar-refractivity contribution in [2.75, 3.05) is 19.5 Å². The fraction of sp³-hybridized carbons (Fsp3) is 0.250. The van der Waals surface area contributed by atoms with E-state index in [9.17, 15) is 0 Å². The van der Waals surface area contributed by atoms with Crippen LogP contribution in [0, 0.1) is 0 Å². The lowest BCUT2D eigenvalue weighted by Gasteiger charge is -2.13. The van der Waals surface area contributed by atoms with Crippen molar-refractivity contribution in [3.05, 3.63) is 42.5 Å². The molecule has 2 N–H and O–H groups in total. The summed E-state index contributed by atoms with van der Waals surface area (Å²) >= 11 is 0. The Bertz CT molecular complexity index is 569. The molecule has 0 saturated carbocycles. The molecule has 2 rings (SSSR count). The second kappa shape index (κ2) is 6.70. The third-order valence-corrected chi connectivity index (χ3v) is 2.74. The Balaban J connectivity index is 2.21. The molecule has 0 aliphatic rings. The molecule has 0 aliphatic heterocycles. The topological polar surface area (TPSA) is 53.7 Å². The number of hydrogen-bond acceptors (Lipinski definition) is 4. The smallest absolute Gasteiger partial charge is 0.169 e. The normalized spacial score (nSPS) is 10.1. The Labute approximate surface area is 119 Å². The SMILES string of the molecule is CCCOc1ccccc1Oc1ccc(N)c(OC)c1. The van der Waals surface area contributed by atoms with Gasteiger partial charge in [0.15, 0.2) is 11.5 Å². The molecule has 0 bridgehead atoms. The molecule has 0 aromatic heterocycles. The highest BCUT2D eigenvalue weighted by Gasteiger charge is 2.07. The van der Waals surface area contributed by atoms with E-state index >= 15 is 0 Å². The highest BCUT2D eigenvalue weighted by molar-refractivity contribution is 5.56. The van der Waals surface area contributed by atoms with E-state index in [1.54, 1.807) is 25.3 Å². The second-order valence-electron chi connectivity index (χ2n) is 4.30. The van der Waals surface area contributed by atoms with Crippen LogP contribution in [0.2, 0.25) is 0 Å². The first-order valence-corrected chi connectivity index (χ1v) is 6.57. The van der Waals surface area contributed by atoms with Gasteiger partial charge in [-0.05, 0) is 30.7 Å². The fourth-order valence-corrected chi connectivity index (χ4v) is 1.75. The summed E-state index contributed by atoms with van der Waals surface area (Å²) in [5.41, 5.74) is 6.36. The summed E-state index contributed by atoms with van der Waals surface area (Å²) in [5.74, 6) is 2.65. The summed E-state index contributed by atoms with van der Waals surface area (Å²) in [6.45, 7) is 2.72. The number of nitrogen functional groups attached to an aromatic ring is 1. The summed E-state index contributed by atoms with van der Waals surface area (Å²) in [4.78, 5) is 0. The molecule has 20 heavy (non-hydrogen) atoms. The molecule has 0 radical (unpaired) electrons. The van der Waals surface area contributed by atoms with E-state index in [0.29, 0.717) is 29.5 Å². The lowest BCUT2D eigenvalue weighted by atomic mass is 10.2. The van der Waals surface area contributed by atoms with Crippen LogP contribution >= 0.6 is 0 Å². The Morgan fingerprint density at radius 3 is 2.45 bits per heavy atom. The number of para-hydroxylation sites is 2. The van der Waals surface area contributed by atoms with Gasteiger partial charge in [0.05, 0.1) is 19.4 Å².